The summed E-state index contributed by atoms with van der Waals surface area (Å²) in [5.74, 6) is 0.682. The molecule has 1 heterocycles. The van der Waals surface area contributed by atoms with E-state index >= 15 is 0 Å². The van der Waals surface area contributed by atoms with Gasteiger partial charge < -0.3 is 4.74 Å². The maximum absolute atomic E-state index is 11.3. The van der Waals surface area contributed by atoms with Crippen molar-refractivity contribution in [1.82, 2.24) is 4.98 Å². The van der Waals surface area contributed by atoms with Crippen LogP contribution in [0.3, 0.4) is 0 Å². The van der Waals surface area contributed by atoms with Crippen molar-refractivity contribution in [2.75, 3.05) is 0 Å². The molecule has 17 heavy (non-hydrogen) atoms. The Balaban J connectivity index is 2.41. The third kappa shape index (κ3) is 2.95. The van der Waals surface area contributed by atoms with Gasteiger partial charge in [-0.05, 0) is 24.3 Å². The first-order chi connectivity index (χ1) is 8.07. The van der Waals surface area contributed by atoms with E-state index < -0.39 is 9.05 Å². The number of halogens is 1. The molecule has 0 bridgehead atoms. The van der Waals surface area contributed by atoms with Gasteiger partial charge in [-0.25, -0.2) is 8.42 Å². The van der Waals surface area contributed by atoms with Crippen molar-refractivity contribution < 1.29 is 13.2 Å². The minimum Gasteiger partial charge on any atom is -0.456 e. The Bertz CT molecular complexity index is 614. The highest BCUT2D eigenvalue weighted by Gasteiger charge is 2.16. The van der Waals surface area contributed by atoms with Crippen LogP contribution in [-0.2, 0) is 9.05 Å². The van der Waals surface area contributed by atoms with Gasteiger partial charge in [0, 0.05) is 23.1 Å². The van der Waals surface area contributed by atoms with Gasteiger partial charge in [0.25, 0.3) is 9.05 Å². The average Bonchev–Trinajstić information content (AvgIpc) is 2.30. The molecule has 2 aromatic rings. The van der Waals surface area contributed by atoms with Crippen molar-refractivity contribution in [3.05, 3.63) is 48.8 Å². The molecule has 0 saturated carbocycles. The van der Waals surface area contributed by atoms with Crippen LogP contribution in [0.1, 0.15) is 0 Å². The minimum atomic E-state index is -3.82. The maximum atomic E-state index is 11.3. The molecule has 0 amide bonds. The smallest absolute Gasteiger partial charge is 0.265 e. The fourth-order valence-corrected chi connectivity index (χ4v) is 2.24. The molecular formula is C11H8ClNO3S. The number of pyridine rings is 1. The first kappa shape index (κ1) is 11.9. The second-order valence-corrected chi connectivity index (χ2v) is 5.70. The monoisotopic (exact) mass is 269 g/mol. The number of nitrogens with zero attached hydrogens (tertiary/aromatic N) is 1. The Morgan fingerprint density at radius 3 is 2.35 bits per heavy atom. The summed E-state index contributed by atoms with van der Waals surface area (Å²) < 4.78 is 28.1. The first-order valence-corrected chi connectivity index (χ1v) is 7.00. The highest BCUT2D eigenvalue weighted by atomic mass is 35.7. The highest BCUT2D eigenvalue weighted by molar-refractivity contribution is 8.13. The zero-order chi connectivity index (χ0) is 12.3. The van der Waals surface area contributed by atoms with Crippen molar-refractivity contribution in [2.24, 2.45) is 0 Å². The highest BCUT2D eigenvalue weighted by Crippen LogP contribution is 2.30. The molecule has 0 unspecified atom stereocenters. The van der Waals surface area contributed by atoms with Crippen LogP contribution in [-0.4, -0.2) is 13.4 Å². The molecule has 0 N–H and O–H groups in total. The Morgan fingerprint density at radius 2 is 1.71 bits per heavy atom. The van der Waals surface area contributed by atoms with Gasteiger partial charge in [0.15, 0.2) is 0 Å². The van der Waals surface area contributed by atoms with Crippen LogP contribution >= 0.6 is 10.7 Å². The number of para-hydroxylation sites is 1. The standard InChI is InChI=1S/C11H8ClNO3S/c12-17(14,15)11-4-2-1-3-10(11)16-9-5-7-13-8-6-9/h1-8H. The van der Waals surface area contributed by atoms with Crippen LogP contribution in [0.2, 0.25) is 0 Å². The van der Waals surface area contributed by atoms with Crippen molar-refractivity contribution >= 4 is 19.7 Å². The van der Waals surface area contributed by atoms with Gasteiger partial charge in [0.05, 0.1) is 0 Å². The minimum absolute atomic E-state index is 0.0570. The predicted octanol–water partition coefficient (Wildman–Crippen LogP) is 2.80. The summed E-state index contributed by atoms with van der Waals surface area (Å²) in [6.07, 6.45) is 3.10. The molecule has 88 valence electrons. The summed E-state index contributed by atoms with van der Waals surface area (Å²) in [5, 5.41) is 0. The SMILES string of the molecule is O=S(=O)(Cl)c1ccccc1Oc1ccncc1. The molecule has 0 spiro atoms. The van der Waals surface area contributed by atoms with Crippen LogP contribution in [0.4, 0.5) is 0 Å². The zero-order valence-corrected chi connectivity index (χ0v) is 10.1. The third-order valence-electron chi connectivity index (χ3n) is 1.99. The van der Waals surface area contributed by atoms with Crippen molar-refractivity contribution in [1.29, 1.82) is 0 Å². The lowest BCUT2D eigenvalue weighted by Gasteiger charge is -2.08. The van der Waals surface area contributed by atoms with Gasteiger partial charge in [0.2, 0.25) is 0 Å². The van der Waals surface area contributed by atoms with Crippen molar-refractivity contribution in [3.8, 4) is 11.5 Å². The van der Waals surface area contributed by atoms with E-state index in [1.54, 1.807) is 36.7 Å². The molecule has 0 aliphatic heterocycles. The zero-order valence-electron chi connectivity index (χ0n) is 8.58. The number of ether oxygens (including phenoxy) is 1. The number of rotatable bonds is 3. The van der Waals surface area contributed by atoms with Gasteiger partial charge in [-0.3, -0.25) is 4.98 Å². The number of aromatic nitrogens is 1. The fourth-order valence-electron chi connectivity index (χ4n) is 1.27. The Hall–Kier alpha value is -1.59. The van der Waals surface area contributed by atoms with Crippen molar-refractivity contribution in [3.63, 3.8) is 0 Å². The number of benzene rings is 1. The largest absolute Gasteiger partial charge is 0.456 e. The van der Waals surface area contributed by atoms with Crippen LogP contribution in [0.25, 0.3) is 0 Å². The topological polar surface area (TPSA) is 56.3 Å². The quantitative estimate of drug-likeness (QED) is 0.804. The van der Waals surface area contributed by atoms with E-state index in [0.29, 0.717) is 5.75 Å². The van der Waals surface area contributed by atoms with E-state index in [4.69, 9.17) is 15.4 Å². The Labute approximate surface area is 103 Å². The van der Waals surface area contributed by atoms with E-state index in [1.807, 2.05) is 0 Å². The molecular weight excluding hydrogens is 262 g/mol. The van der Waals surface area contributed by atoms with Gasteiger partial charge in [-0.1, -0.05) is 12.1 Å². The van der Waals surface area contributed by atoms with Crippen LogP contribution in [0, 0.1) is 0 Å². The van der Waals surface area contributed by atoms with Crippen LogP contribution in [0.15, 0.2) is 53.7 Å². The molecule has 1 aromatic carbocycles. The van der Waals surface area contributed by atoms with Gasteiger partial charge >= 0.3 is 0 Å². The molecule has 0 atom stereocenters. The predicted molar refractivity (Wildman–Crippen MR) is 63.8 cm³/mol. The summed E-state index contributed by atoms with van der Waals surface area (Å²) in [7, 11) is 1.49. The van der Waals surface area contributed by atoms with Gasteiger partial charge in [0.1, 0.15) is 16.4 Å². The van der Waals surface area contributed by atoms with Gasteiger partial charge in [-0.15, -0.1) is 0 Å². The Morgan fingerprint density at radius 1 is 1.06 bits per heavy atom. The molecule has 0 fully saturated rings. The van der Waals surface area contributed by atoms with E-state index in [1.165, 1.54) is 12.1 Å². The normalized spacial score (nSPS) is 11.1. The van der Waals surface area contributed by atoms with E-state index in [2.05, 4.69) is 4.98 Å². The second kappa shape index (κ2) is 4.73. The van der Waals surface area contributed by atoms with Crippen molar-refractivity contribution in [2.45, 2.75) is 4.90 Å². The molecule has 1 aromatic heterocycles. The van der Waals surface area contributed by atoms with E-state index in [-0.39, 0.29) is 10.6 Å². The molecule has 0 aliphatic rings. The molecule has 2 rings (SSSR count). The molecule has 0 aliphatic carbocycles. The van der Waals surface area contributed by atoms with Crippen LogP contribution in [0.5, 0.6) is 11.5 Å². The summed E-state index contributed by atoms with van der Waals surface area (Å²) in [5.41, 5.74) is 0. The number of hydrogen-bond donors (Lipinski definition) is 0. The summed E-state index contributed by atoms with van der Waals surface area (Å²) in [6, 6.07) is 9.42. The maximum Gasteiger partial charge on any atom is 0.265 e. The first-order valence-electron chi connectivity index (χ1n) is 4.69. The molecule has 0 radical (unpaired) electrons. The summed E-state index contributed by atoms with van der Waals surface area (Å²) >= 11 is 0. The van der Waals surface area contributed by atoms with E-state index in [0.717, 1.165) is 0 Å². The average molecular weight is 270 g/mol. The lowest BCUT2D eigenvalue weighted by molar-refractivity contribution is 0.467. The molecule has 0 saturated heterocycles. The van der Waals surface area contributed by atoms with E-state index in [9.17, 15) is 8.42 Å². The Kier molecular flexibility index (Phi) is 3.31. The summed E-state index contributed by atoms with van der Waals surface area (Å²) in [6.45, 7) is 0. The van der Waals surface area contributed by atoms with Crippen LogP contribution < -0.4 is 4.74 Å². The summed E-state index contributed by atoms with van der Waals surface area (Å²) in [4.78, 5) is 3.78. The lowest BCUT2D eigenvalue weighted by Crippen LogP contribution is -1.95. The fraction of sp³-hybridized carbons (Fsp3) is 0. The second-order valence-electron chi connectivity index (χ2n) is 3.17. The third-order valence-corrected chi connectivity index (χ3v) is 3.35. The van der Waals surface area contributed by atoms with Gasteiger partial charge in [-0.2, -0.15) is 0 Å². The number of hydrogen-bond acceptors (Lipinski definition) is 4. The molecule has 4 nitrogen and oxygen atoms in total. The molecule has 6 heteroatoms. The lowest BCUT2D eigenvalue weighted by atomic mass is 10.3.